The highest BCUT2D eigenvalue weighted by Crippen LogP contribution is 2.22. The van der Waals surface area contributed by atoms with E-state index >= 15 is 0 Å². The lowest BCUT2D eigenvalue weighted by atomic mass is 9.99. The van der Waals surface area contributed by atoms with Crippen molar-refractivity contribution in [2.45, 2.75) is 31.6 Å². The molecule has 0 bridgehead atoms. The van der Waals surface area contributed by atoms with Gasteiger partial charge in [-0.3, -0.25) is 4.72 Å². The van der Waals surface area contributed by atoms with Crippen molar-refractivity contribution in [3.63, 3.8) is 0 Å². The van der Waals surface area contributed by atoms with Gasteiger partial charge in [-0.2, -0.15) is 0 Å². The molecule has 0 aliphatic carbocycles. The molecule has 1 saturated heterocycles. The molecular weight excluding hydrogens is 343 g/mol. The van der Waals surface area contributed by atoms with Crippen molar-refractivity contribution < 1.29 is 12.8 Å². The molecule has 25 heavy (non-hydrogen) atoms. The van der Waals surface area contributed by atoms with Crippen molar-refractivity contribution in [3.8, 4) is 0 Å². The molecule has 0 saturated carbocycles. The monoisotopic (exact) mass is 364 g/mol. The summed E-state index contributed by atoms with van der Waals surface area (Å²) in [5.41, 5.74) is 0.267. The molecule has 8 heteroatoms. The fraction of sp³-hybridized carbons (Fsp3) is 0.412. The average Bonchev–Trinajstić information content (AvgIpc) is 2.58. The molecular formula is C17H21FN4O2S. The minimum atomic E-state index is -3.83. The van der Waals surface area contributed by atoms with Crippen LogP contribution in [0.5, 0.6) is 0 Å². The van der Waals surface area contributed by atoms with Crippen molar-refractivity contribution >= 4 is 21.7 Å². The normalized spacial score (nSPS) is 16.0. The van der Waals surface area contributed by atoms with Gasteiger partial charge in [0.05, 0.1) is 4.90 Å². The van der Waals surface area contributed by atoms with E-state index in [9.17, 15) is 12.8 Å². The number of rotatable bonds is 4. The molecule has 0 radical (unpaired) electrons. The van der Waals surface area contributed by atoms with Crippen molar-refractivity contribution in [2.75, 3.05) is 22.7 Å². The van der Waals surface area contributed by atoms with Crippen LogP contribution in [0.4, 0.5) is 16.0 Å². The van der Waals surface area contributed by atoms with Gasteiger partial charge in [-0.15, -0.1) is 10.2 Å². The number of anilines is 2. The highest BCUT2D eigenvalue weighted by Gasteiger charge is 2.19. The Kier molecular flexibility index (Phi) is 4.89. The Labute approximate surface area is 147 Å². The van der Waals surface area contributed by atoms with Crippen LogP contribution in [-0.4, -0.2) is 31.7 Å². The largest absolute Gasteiger partial charge is 0.355 e. The van der Waals surface area contributed by atoms with Gasteiger partial charge in [0.1, 0.15) is 5.82 Å². The van der Waals surface area contributed by atoms with Gasteiger partial charge in [0.15, 0.2) is 11.6 Å². The number of aromatic nitrogens is 2. The van der Waals surface area contributed by atoms with E-state index in [2.05, 4.69) is 26.7 Å². The Morgan fingerprint density at radius 1 is 1.16 bits per heavy atom. The van der Waals surface area contributed by atoms with Gasteiger partial charge in [-0.05, 0) is 61.6 Å². The Morgan fingerprint density at radius 2 is 1.88 bits per heavy atom. The van der Waals surface area contributed by atoms with Gasteiger partial charge in [0.25, 0.3) is 10.0 Å². The lowest BCUT2D eigenvalue weighted by molar-refractivity contribution is 0.436. The second-order valence-corrected chi connectivity index (χ2v) is 8.15. The molecule has 1 aromatic carbocycles. The van der Waals surface area contributed by atoms with Crippen LogP contribution in [0.1, 0.15) is 25.3 Å². The fourth-order valence-corrected chi connectivity index (χ4v) is 3.85. The molecule has 0 spiro atoms. The Hall–Kier alpha value is -2.22. The number of benzene rings is 1. The number of hydrogen-bond acceptors (Lipinski definition) is 5. The summed E-state index contributed by atoms with van der Waals surface area (Å²) >= 11 is 0. The quantitative estimate of drug-likeness (QED) is 0.903. The SMILES string of the molecule is Cc1cc(S(=O)(=O)Nc2ccc(N3CCC(C)CC3)nn2)ccc1F. The van der Waals surface area contributed by atoms with Crippen LogP contribution in [0.25, 0.3) is 0 Å². The molecule has 2 aromatic rings. The minimum Gasteiger partial charge on any atom is -0.355 e. The van der Waals surface area contributed by atoms with Gasteiger partial charge in [0, 0.05) is 13.1 Å². The highest BCUT2D eigenvalue weighted by molar-refractivity contribution is 7.92. The first kappa shape index (κ1) is 17.6. The Balaban J connectivity index is 1.73. The summed E-state index contributed by atoms with van der Waals surface area (Å²) in [5, 5.41) is 8.09. The summed E-state index contributed by atoms with van der Waals surface area (Å²) in [6.07, 6.45) is 2.22. The zero-order valence-corrected chi connectivity index (χ0v) is 15.1. The van der Waals surface area contributed by atoms with Gasteiger partial charge in [-0.25, -0.2) is 12.8 Å². The van der Waals surface area contributed by atoms with Crippen molar-refractivity contribution in [1.29, 1.82) is 0 Å². The zero-order chi connectivity index (χ0) is 18.0. The maximum absolute atomic E-state index is 13.3. The fourth-order valence-electron chi connectivity index (χ4n) is 2.77. The molecule has 0 amide bonds. The molecule has 6 nitrogen and oxygen atoms in total. The van der Waals surface area contributed by atoms with Crippen LogP contribution in [0.15, 0.2) is 35.2 Å². The first-order valence-corrected chi connectivity index (χ1v) is 9.71. The van der Waals surface area contributed by atoms with Gasteiger partial charge in [0.2, 0.25) is 0 Å². The average molecular weight is 364 g/mol. The third-order valence-electron chi connectivity index (χ3n) is 4.44. The summed E-state index contributed by atoms with van der Waals surface area (Å²) in [7, 11) is -3.83. The number of hydrogen-bond donors (Lipinski definition) is 1. The van der Waals surface area contributed by atoms with Crippen LogP contribution in [0, 0.1) is 18.7 Å². The number of piperidine rings is 1. The van der Waals surface area contributed by atoms with Gasteiger partial charge < -0.3 is 4.90 Å². The molecule has 3 rings (SSSR count). The summed E-state index contributed by atoms with van der Waals surface area (Å²) in [6.45, 7) is 5.60. The van der Waals surface area contributed by atoms with Crippen molar-refractivity contribution in [3.05, 3.63) is 41.7 Å². The number of nitrogens with one attached hydrogen (secondary N) is 1. The molecule has 1 aliphatic rings. The molecule has 2 heterocycles. The number of halogens is 1. The maximum Gasteiger partial charge on any atom is 0.263 e. The summed E-state index contributed by atoms with van der Waals surface area (Å²) in [4.78, 5) is 2.14. The molecule has 0 unspecified atom stereocenters. The van der Waals surface area contributed by atoms with Gasteiger partial charge in [-0.1, -0.05) is 6.92 Å². The van der Waals surface area contributed by atoms with Crippen LogP contribution >= 0.6 is 0 Å². The Morgan fingerprint density at radius 3 is 2.48 bits per heavy atom. The molecule has 1 aromatic heterocycles. The summed E-state index contributed by atoms with van der Waals surface area (Å²) < 4.78 is 40.4. The second kappa shape index (κ2) is 6.95. The van der Waals surface area contributed by atoms with E-state index in [0.717, 1.165) is 43.7 Å². The number of nitrogens with zero attached hydrogens (tertiary/aromatic N) is 3. The van der Waals surface area contributed by atoms with Crippen molar-refractivity contribution in [1.82, 2.24) is 10.2 Å². The van der Waals surface area contributed by atoms with Gasteiger partial charge >= 0.3 is 0 Å². The lowest BCUT2D eigenvalue weighted by Gasteiger charge is -2.30. The topological polar surface area (TPSA) is 75.2 Å². The molecule has 1 fully saturated rings. The summed E-state index contributed by atoms with van der Waals surface area (Å²) in [6, 6.07) is 7.00. The summed E-state index contributed by atoms with van der Waals surface area (Å²) in [5.74, 6) is 1.15. The first-order chi connectivity index (χ1) is 11.8. The maximum atomic E-state index is 13.3. The van der Waals surface area contributed by atoms with Crippen LogP contribution in [0.3, 0.4) is 0 Å². The third-order valence-corrected chi connectivity index (χ3v) is 5.79. The molecule has 1 aliphatic heterocycles. The molecule has 0 atom stereocenters. The van der Waals surface area contributed by atoms with Crippen molar-refractivity contribution in [2.24, 2.45) is 5.92 Å². The van der Waals surface area contributed by atoms with E-state index in [0.29, 0.717) is 0 Å². The predicted octanol–water partition coefficient (Wildman–Crippen LogP) is 2.96. The zero-order valence-electron chi connectivity index (χ0n) is 14.2. The predicted molar refractivity (Wildman–Crippen MR) is 94.6 cm³/mol. The highest BCUT2D eigenvalue weighted by atomic mass is 32.2. The van der Waals surface area contributed by atoms with Crippen LogP contribution in [-0.2, 0) is 10.0 Å². The second-order valence-electron chi connectivity index (χ2n) is 6.46. The molecule has 1 N–H and O–H groups in total. The van der Waals surface area contributed by atoms with E-state index in [-0.39, 0.29) is 16.3 Å². The molecule has 134 valence electrons. The van der Waals surface area contributed by atoms with E-state index in [1.165, 1.54) is 19.1 Å². The smallest absolute Gasteiger partial charge is 0.263 e. The van der Waals surface area contributed by atoms with E-state index in [1.54, 1.807) is 12.1 Å². The van der Waals surface area contributed by atoms with Crippen LogP contribution < -0.4 is 9.62 Å². The van der Waals surface area contributed by atoms with E-state index in [1.807, 2.05) is 0 Å². The number of aryl methyl sites for hydroxylation is 1. The van der Waals surface area contributed by atoms with Crippen LogP contribution in [0.2, 0.25) is 0 Å². The standard InChI is InChI=1S/C17H21FN4O2S/c1-12-7-9-22(10-8-12)17-6-5-16(19-20-17)21-25(23,24)14-3-4-15(18)13(2)11-14/h3-6,11-12H,7-10H2,1-2H3,(H,19,21). The van der Waals surface area contributed by atoms with E-state index < -0.39 is 15.8 Å². The minimum absolute atomic E-state index is 0.0118. The number of sulfonamides is 1. The Bertz CT molecular complexity index is 847. The lowest BCUT2D eigenvalue weighted by Crippen LogP contribution is -2.33. The van der Waals surface area contributed by atoms with E-state index in [4.69, 9.17) is 0 Å². The third kappa shape index (κ3) is 4.07. The first-order valence-electron chi connectivity index (χ1n) is 8.23.